The van der Waals surface area contributed by atoms with Gasteiger partial charge in [0.15, 0.2) is 0 Å². The van der Waals surface area contributed by atoms with E-state index in [1.54, 1.807) is 0 Å². The second-order valence-electron chi connectivity index (χ2n) is 5.71. The van der Waals surface area contributed by atoms with Crippen LogP contribution in [0.15, 0.2) is 18.2 Å². The van der Waals surface area contributed by atoms with Crippen molar-refractivity contribution in [1.82, 2.24) is 0 Å². The fourth-order valence-electron chi connectivity index (χ4n) is 3.23. The first-order valence-electron chi connectivity index (χ1n) is 7.32. The Morgan fingerprint density at radius 1 is 1.17 bits per heavy atom. The van der Waals surface area contributed by atoms with Crippen molar-refractivity contribution in [2.24, 2.45) is 5.73 Å². The molecule has 1 fully saturated rings. The van der Waals surface area contributed by atoms with E-state index in [9.17, 15) is 0 Å². The maximum atomic E-state index is 6.33. The van der Waals surface area contributed by atoms with Crippen molar-refractivity contribution in [3.8, 4) is 0 Å². The van der Waals surface area contributed by atoms with E-state index in [1.165, 1.54) is 55.2 Å². The molecule has 2 aliphatic rings. The van der Waals surface area contributed by atoms with Crippen LogP contribution < -0.4 is 5.73 Å². The summed E-state index contributed by atoms with van der Waals surface area (Å²) in [5.74, 6) is 0. The summed E-state index contributed by atoms with van der Waals surface area (Å²) in [4.78, 5) is 0. The van der Waals surface area contributed by atoms with Crippen LogP contribution in [0.2, 0.25) is 0 Å². The van der Waals surface area contributed by atoms with Gasteiger partial charge in [0.05, 0.1) is 6.10 Å². The highest BCUT2D eigenvalue weighted by molar-refractivity contribution is 5.35. The Morgan fingerprint density at radius 3 is 2.78 bits per heavy atom. The highest BCUT2D eigenvalue weighted by Gasteiger charge is 2.20. The normalized spacial score (nSPS) is 24.8. The molecule has 1 aliphatic heterocycles. The molecule has 2 nitrogen and oxygen atoms in total. The molecule has 0 amide bonds. The van der Waals surface area contributed by atoms with E-state index in [2.05, 4.69) is 18.2 Å². The quantitative estimate of drug-likeness (QED) is 0.888. The van der Waals surface area contributed by atoms with Gasteiger partial charge in [-0.25, -0.2) is 0 Å². The van der Waals surface area contributed by atoms with E-state index >= 15 is 0 Å². The van der Waals surface area contributed by atoms with Gasteiger partial charge in [-0.1, -0.05) is 18.2 Å². The fourth-order valence-corrected chi connectivity index (χ4v) is 3.23. The van der Waals surface area contributed by atoms with Gasteiger partial charge < -0.3 is 10.5 Å². The zero-order valence-corrected chi connectivity index (χ0v) is 11.0. The molecule has 98 valence electrons. The van der Waals surface area contributed by atoms with Crippen molar-refractivity contribution in [2.45, 2.75) is 57.1 Å². The third-order valence-corrected chi connectivity index (χ3v) is 4.34. The Bertz CT molecular complexity index is 410. The highest BCUT2D eigenvalue weighted by Crippen LogP contribution is 2.27. The number of rotatable bonds is 3. The molecule has 0 aromatic heterocycles. The standard InChI is InChI=1S/C16H23NO/c17-16(11-15-6-3-9-18-15)14-8-7-12-4-1-2-5-13(12)10-14/h7-8,10,15-16H,1-6,9,11,17H2. The largest absolute Gasteiger partial charge is 0.378 e. The summed E-state index contributed by atoms with van der Waals surface area (Å²) in [5, 5.41) is 0. The minimum atomic E-state index is 0.139. The van der Waals surface area contributed by atoms with E-state index < -0.39 is 0 Å². The molecule has 0 bridgehead atoms. The third kappa shape index (κ3) is 2.60. The summed E-state index contributed by atoms with van der Waals surface area (Å²) >= 11 is 0. The Morgan fingerprint density at radius 2 is 2.00 bits per heavy atom. The molecule has 1 aromatic carbocycles. The van der Waals surface area contributed by atoms with Gasteiger partial charge in [-0.3, -0.25) is 0 Å². The molecule has 0 radical (unpaired) electrons. The lowest BCUT2D eigenvalue weighted by molar-refractivity contribution is 0.0983. The smallest absolute Gasteiger partial charge is 0.0594 e. The van der Waals surface area contributed by atoms with Gasteiger partial charge in [0.2, 0.25) is 0 Å². The number of hydrogen-bond acceptors (Lipinski definition) is 2. The van der Waals surface area contributed by atoms with Crippen LogP contribution in [0.1, 0.15) is 54.8 Å². The lowest BCUT2D eigenvalue weighted by Gasteiger charge is -2.20. The summed E-state index contributed by atoms with van der Waals surface area (Å²) in [5.41, 5.74) is 10.7. The maximum absolute atomic E-state index is 6.33. The summed E-state index contributed by atoms with van der Waals surface area (Å²) in [7, 11) is 0. The van der Waals surface area contributed by atoms with Gasteiger partial charge in [-0.15, -0.1) is 0 Å². The van der Waals surface area contributed by atoms with Crippen LogP contribution in [0.5, 0.6) is 0 Å². The second-order valence-corrected chi connectivity index (χ2v) is 5.71. The molecule has 18 heavy (non-hydrogen) atoms. The van der Waals surface area contributed by atoms with Crippen LogP contribution in [-0.2, 0) is 17.6 Å². The van der Waals surface area contributed by atoms with Crippen molar-refractivity contribution in [2.75, 3.05) is 6.61 Å². The summed E-state index contributed by atoms with van der Waals surface area (Å²) in [6, 6.07) is 7.00. The molecular formula is C16H23NO. The van der Waals surface area contributed by atoms with E-state index in [1.807, 2.05) is 0 Å². The van der Waals surface area contributed by atoms with Crippen molar-refractivity contribution in [3.63, 3.8) is 0 Å². The lowest BCUT2D eigenvalue weighted by atomic mass is 9.88. The Balaban J connectivity index is 1.70. The van der Waals surface area contributed by atoms with Gasteiger partial charge >= 0.3 is 0 Å². The molecule has 1 heterocycles. The topological polar surface area (TPSA) is 35.2 Å². The molecule has 0 saturated carbocycles. The van der Waals surface area contributed by atoms with Crippen LogP contribution in [-0.4, -0.2) is 12.7 Å². The fraction of sp³-hybridized carbons (Fsp3) is 0.625. The summed E-state index contributed by atoms with van der Waals surface area (Å²) in [6.45, 7) is 0.918. The van der Waals surface area contributed by atoms with Crippen molar-refractivity contribution in [3.05, 3.63) is 34.9 Å². The summed E-state index contributed by atoms with van der Waals surface area (Å²) < 4.78 is 5.68. The molecule has 0 spiro atoms. The van der Waals surface area contributed by atoms with Crippen LogP contribution in [0.25, 0.3) is 0 Å². The highest BCUT2D eigenvalue weighted by atomic mass is 16.5. The number of fused-ring (bicyclic) bond motifs is 1. The zero-order valence-electron chi connectivity index (χ0n) is 11.0. The van der Waals surface area contributed by atoms with Crippen molar-refractivity contribution < 1.29 is 4.74 Å². The molecule has 2 N–H and O–H groups in total. The minimum absolute atomic E-state index is 0.139. The van der Waals surface area contributed by atoms with Crippen LogP contribution in [0, 0.1) is 0 Å². The number of nitrogens with two attached hydrogens (primary N) is 1. The maximum Gasteiger partial charge on any atom is 0.0594 e. The number of benzene rings is 1. The Kier molecular flexibility index (Phi) is 3.67. The molecule has 1 saturated heterocycles. The Hall–Kier alpha value is -0.860. The lowest BCUT2D eigenvalue weighted by Crippen LogP contribution is -2.19. The SMILES string of the molecule is NC(CC1CCCO1)c1ccc2c(c1)CCCC2. The Labute approximate surface area is 110 Å². The van der Waals surface area contributed by atoms with Crippen molar-refractivity contribution in [1.29, 1.82) is 0 Å². The van der Waals surface area contributed by atoms with E-state index in [4.69, 9.17) is 10.5 Å². The zero-order chi connectivity index (χ0) is 12.4. The first-order valence-corrected chi connectivity index (χ1v) is 7.32. The van der Waals surface area contributed by atoms with E-state index in [0.29, 0.717) is 6.10 Å². The average molecular weight is 245 g/mol. The third-order valence-electron chi connectivity index (χ3n) is 4.34. The van der Waals surface area contributed by atoms with Gasteiger partial charge in [0, 0.05) is 12.6 Å². The molecule has 2 atom stereocenters. The van der Waals surface area contributed by atoms with Crippen LogP contribution in [0.3, 0.4) is 0 Å². The number of hydrogen-bond donors (Lipinski definition) is 1. The first-order chi connectivity index (χ1) is 8.83. The second kappa shape index (κ2) is 5.41. The van der Waals surface area contributed by atoms with Gasteiger partial charge in [0.25, 0.3) is 0 Å². The van der Waals surface area contributed by atoms with E-state index in [0.717, 1.165) is 13.0 Å². The predicted molar refractivity (Wildman–Crippen MR) is 73.6 cm³/mol. The molecular weight excluding hydrogens is 222 g/mol. The monoisotopic (exact) mass is 245 g/mol. The molecule has 2 heteroatoms. The van der Waals surface area contributed by atoms with Gasteiger partial charge in [-0.05, 0) is 61.6 Å². The minimum Gasteiger partial charge on any atom is -0.378 e. The number of aryl methyl sites for hydroxylation is 2. The predicted octanol–water partition coefficient (Wildman–Crippen LogP) is 3.13. The first kappa shape index (κ1) is 12.2. The van der Waals surface area contributed by atoms with Gasteiger partial charge in [0.1, 0.15) is 0 Å². The average Bonchev–Trinajstić information content (AvgIpc) is 2.91. The molecule has 3 rings (SSSR count). The van der Waals surface area contributed by atoms with Crippen molar-refractivity contribution >= 4 is 0 Å². The number of ether oxygens (including phenoxy) is 1. The molecule has 1 aromatic rings. The van der Waals surface area contributed by atoms with Crippen LogP contribution in [0.4, 0.5) is 0 Å². The molecule has 2 unspecified atom stereocenters. The molecule has 1 aliphatic carbocycles. The van der Waals surface area contributed by atoms with E-state index in [-0.39, 0.29) is 6.04 Å². The summed E-state index contributed by atoms with van der Waals surface area (Å²) in [6.07, 6.45) is 8.88. The van der Waals surface area contributed by atoms with Crippen LogP contribution >= 0.6 is 0 Å². The van der Waals surface area contributed by atoms with Gasteiger partial charge in [-0.2, -0.15) is 0 Å².